The molecule has 45 heavy (non-hydrogen) atoms. The fraction of sp³-hybridized carbons (Fsp3) is 0.485. The summed E-state index contributed by atoms with van der Waals surface area (Å²) in [5, 5.41) is 8.67. The van der Waals surface area contributed by atoms with Crippen LogP contribution in [-0.4, -0.2) is 96.4 Å². The van der Waals surface area contributed by atoms with Gasteiger partial charge in [-0.3, -0.25) is 24.0 Å². The maximum Gasteiger partial charge on any atom is 0.254 e. The molecule has 0 aromatic heterocycles. The minimum absolute atomic E-state index is 0.0167. The number of carbonyl (C=O) groups excluding carboxylic acids is 5. The van der Waals surface area contributed by atoms with E-state index in [1.54, 1.807) is 25.1 Å². The Kier molecular flexibility index (Phi) is 9.90. The predicted molar refractivity (Wildman–Crippen MR) is 165 cm³/mol. The van der Waals surface area contributed by atoms with Crippen LogP contribution in [0.5, 0.6) is 11.5 Å². The molecule has 5 amide bonds. The van der Waals surface area contributed by atoms with Gasteiger partial charge >= 0.3 is 0 Å². The standard InChI is InChI=1S/C33H41N5O7/c1-20(2)29-31(41)35-24(16-22-8-5-4-6-9-22)18-37(33(43)23-11-12-26-27(17-23)45-15-14-44-26)19-28(39)34-21(3)32(42)38-13-7-10-25(38)30(40)36-29/h4-6,8-9,11-12,17,20-21,24-25,29H,7,10,13-16,18-19H2,1-3H3,(H,34,39)(H,35,41)(H,36,40)/t21-,24-,25+,29-/m0/s1. The summed E-state index contributed by atoms with van der Waals surface area (Å²) in [6.07, 6.45) is 1.45. The Morgan fingerprint density at radius 2 is 1.67 bits per heavy atom. The highest BCUT2D eigenvalue weighted by Crippen LogP contribution is 2.31. The van der Waals surface area contributed by atoms with E-state index in [4.69, 9.17) is 9.47 Å². The van der Waals surface area contributed by atoms with E-state index < -0.39 is 53.7 Å². The maximum absolute atomic E-state index is 14.0. The summed E-state index contributed by atoms with van der Waals surface area (Å²) in [6, 6.07) is 11.2. The summed E-state index contributed by atoms with van der Waals surface area (Å²) in [7, 11) is 0. The molecule has 0 spiro atoms. The second kappa shape index (κ2) is 14.0. The Morgan fingerprint density at radius 1 is 0.933 bits per heavy atom. The van der Waals surface area contributed by atoms with Gasteiger partial charge in [-0.15, -0.1) is 0 Å². The lowest BCUT2D eigenvalue weighted by Crippen LogP contribution is -2.58. The van der Waals surface area contributed by atoms with Crippen molar-refractivity contribution in [2.75, 3.05) is 32.8 Å². The topological polar surface area (TPSA) is 146 Å². The molecule has 0 unspecified atom stereocenters. The summed E-state index contributed by atoms with van der Waals surface area (Å²) in [5.41, 5.74) is 1.20. The van der Waals surface area contributed by atoms with Crippen LogP contribution in [0.15, 0.2) is 48.5 Å². The highest BCUT2D eigenvalue weighted by Gasteiger charge is 2.39. The highest BCUT2D eigenvalue weighted by atomic mass is 16.6. The van der Waals surface area contributed by atoms with Gasteiger partial charge in [-0.2, -0.15) is 0 Å². The number of nitrogens with one attached hydrogen (secondary N) is 3. The molecule has 2 aromatic carbocycles. The number of carbonyl (C=O) groups is 5. The molecule has 5 rings (SSSR count). The first-order valence-corrected chi connectivity index (χ1v) is 15.5. The molecule has 0 radical (unpaired) electrons. The number of nitrogens with zero attached hydrogens (tertiary/aromatic N) is 2. The fourth-order valence-corrected chi connectivity index (χ4v) is 6.05. The minimum atomic E-state index is -0.928. The molecule has 3 aliphatic rings. The van der Waals surface area contributed by atoms with Gasteiger partial charge in [-0.05, 0) is 55.9 Å². The van der Waals surface area contributed by atoms with Crippen molar-refractivity contribution in [1.29, 1.82) is 0 Å². The van der Waals surface area contributed by atoms with Gasteiger partial charge in [-0.1, -0.05) is 44.2 Å². The van der Waals surface area contributed by atoms with Crippen LogP contribution < -0.4 is 25.4 Å². The summed E-state index contributed by atoms with van der Waals surface area (Å²) >= 11 is 0. The molecule has 240 valence electrons. The van der Waals surface area contributed by atoms with Crippen molar-refractivity contribution >= 4 is 29.5 Å². The molecule has 0 aliphatic carbocycles. The molecule has 0 bridgehead atoms. The van der Waals surface area contributed by atoms with Crippen LogP contribution in [-0.2, 0) is 25.6 Å². The van der Waals surface area contributed by atoms with Crippen molar-refractivity contribution < 1.29 is 33.4 Å². The Labute approximate surface area is 262 Å². The molecule has 3 heterocycles. The van der Waals surface area contributed by atoms with Crippen LogP contribution in [0.2, 0.25) is 0 Å². The van der Waals surface area contributed by atoms with Gasteiger partial charge in [0, 0.05) is 18.7 Å². The van der Waals surface area contributed by atoms with E-state index in [0.717, 1.165) is 5.56 Å². The first kappa shape index (κ1) is 31.8. The number of fused-ring (bicyclic) bond motifs is 2. The van der Waals surface area contributed by atoms with Gasteiger partial charge in [0.2, 0.25) is 23.6 Å². The third-order valence-corrected chi connectivity index (χ3v) is 8.36. The summed E-state index contributed by atoms with van der Waals surface area (Å²) < 4.78 is 11.3. The van der Waals surface area contributed by atoms with Gasteiger partial charge in [0.1, 0.15) is 31.3 Å². The van der Waals surface area contributed by atoms with Crippen LogP contribution in [0.3, 0.4) is 0 Å². The molecule has 0 saturated carbocycles. The lowest BCUT2D eigenvalue weighted by molar-refractivity contribution is -0.142. The highest BCUT2D eigenvalue weighted by molar-refractivity contribution is 5.98. The molecule has 3 aliphatic heterocycles. The quantitative estimate of drug-likeness (QED) is 0.467. The molecular weight excluding hydrogens is 578 g/mol. The lowest BCUT2D eigenvalue weighted by Gasteiger charge is -2.31. The Morgan fingerprint density at radius 3 is 2.40 bits per heavy atom. The van der Waals surface area contributed by atoms with Gasteiger partial charge in [-0.25, -0.2) is 0 Å². The smallest absolute Gasteiger partial charge is 0.254 e. The zero-order valence-electron chi connectivity index (χ0n) is 25.9. The van der Waals surface area contributed by atoms with Gasteiger partial charge < -0.3 is 35.2 Å². The summed E-state index contributed by atoms with van der Waals surface area (Å²) in [5.74, 6) is -1.51. The van der Waals surface area contributed by atoms with Crippen LogP contribution >= 0.6 is 0 Å². The van der Waals surface area contributed by atoms with Gasteiger partial charge in [0.15, 0.2) is 11.5 Å². The molecule has 4 atom stereocenters. The molecular formula is C33H41N5O7. The van der Waals surface area contributed by atoms with E-state index >= 15 is 0 Å². The monoisotopic (exact) mass is 619 g/mol. The molecule has 2 fully saturated rings. The molecule has 2 saturated heterocycles. The van der Waals surface area contributed by atoms with Gasteiger partial charge in [0.05, 0.1) is 12.6 Å². The second-order valence-corrected chi connectivity index (χ2v) is 12.1. The number of hydrogen-bond acceptors (Lipinski definition) is 7. The van der Waals surface area contributed by atoms with Crippen molar-refractivity contribution in [3.8, 4) is 11.5 Å². The molecule has 12 heteroatoms. The average molecular weight is 620 g/mol. The number of rotatable bonds is 4. The number of amides is 5. The summed E-state index contributed by atoms with van der Waals surface area (Å²) in [6.45, 7) is 5.98. The first-order chi connectivity index (χ1) is 21.6. The van der Waals surface area contributed by atoms with Crippen molar-refractivity contribution in [1.82, 2.24) is 25.8 Å². The van der Waals surface area contributed by atoms with E-state index in [0.29, 0.717) is 50.5 Å². The largest absolute Gasteiger partial charge is 0.486 e. The van der Waals surface area contributed by atoms with Crippen molar-refractivity contribution in [2.45, 2.75) is 64.2 Å². The Hall–Kier alpha value is -4.61. The number of hydrogen-bond donors (Lipinski definition) is 3. The van der Waals surface area contributed by atoms with E-state index in [1.807, 2.05) is 44.2 Å². The Bertz CT molecular complexity index is 1430. The third kappa shape index (κ3) is 7.55. The van der Waals surface area contributed by atoms with Crippen LogP contribution in [0, 0.1) is 5.92 Å². The van der Waals surface area contributed by atoms with E-state index in [1.165, 1.54) is 9.80 Å². The normalized spacial score (nSPS) is 24.6. The predicted octanol–water partition coefficient (Wildman–Crippen LogP) is 1.28. The average Bonchev–Trinajstić information content (AvgIpc) is 3.52. The van der Waals surface area contributed by atoms with Crippen LogP contribution in [0.25, 0.3) is 0 Å². The zero-order valence-corrected chi connectivity index (χ0v) is 25.9. The van der Waals surface area contributed by atoms with Crippen molar-refractivity contribution in [3.63, 3.8) is 0 Å². The van der Waals surface area contributed by atoms with Crippen molar-refractivity contribution in [2.24, 2.45) is 5.92 Å². The van der Waals surface area contributed by atoms with E-state index in [2.05, 4.69) is 16.0 Å². The van der Waals surface area contributed by atoms with Crippen LogP contribution in [0.1, 0.15) is 49.5 Å². The third-order valence-electron chi connectivity index (χ3n) is 8.36. The van der Waals surface area contributed by atoms with Crippen molar-refractivity contribution in [3.05, 3.63) is 59.7 Å². The van der Waals surface area contributed by atoms with E-state index in [-0.39, 0.29) is 24.6 Å². The first-order valence-electron chi connectivity index (χ1n) is 15.5. The Balaban J connectivity index is 1.50. The maximum atomic E-state index is 14.0. The summed E-state index contributed by atoms with van der Waals surface area (Å²) in [4.78, 5) is 70.9. The number of benzene rings is 2. The molecule has 2 aromatic rings. The lowest BCUT2D eigenvalue weighted by atomic mass is 10.00. The molecule has 12 nitrogen and oxygen atoms in total. The fourth-order valence-electron chi connectivity index (χ4n) is 6.05. The molecule has 3 N–H and O–H groups in total. The van der Waals surface area contributed by atoms with E-state index in [9.17, 15) is 24.0 Å². The van der Waals surface area contributed by atoms with Gasteiger partial charge in [0.25, 0.3) is 5.91 Å². The van der Waals surface area contributed by atoms with Crippen LogP contribution in [0.4, 0.5) is 0 Å². The SMILES string of the molecule is CC(C)[C@@H]1NC(=O)[C@H]2CCCN2C(=O)[C@H](C)NC(=O)CN(C(=O)c2ccc3c(c2)OCCO3)C[C@H](Cc2ccccc2)NC1=O. The number of ether oxygens (including phenoxy) is 2. The zero-order chi connectivity index (χ0) is 32.1. The second-order valence-electron chi connectivity index (χ2n) is 12.1. The minimum Gasteiger partial charge on any atom is -0.486 e.